The van der Waals surface area contributed by atoms with Crippen molar-refractivity contribution in [3.63, 3.8) is 0 Å². The Morgan fingerprint density at radius 3 is 2.38 bits per heavy atom. The fraction of sp³-hybridized carbons (Fsp3) is 0.385. The maximum atomic E-state index is 13.0. The van der Waals surface area contributed by atoms with Crippen molar-refractivity contribution in [1.29, 1.82) is 0 Å². The van der Waals surface area contributed by atoms with Crippen molar-refractivity contribution in [2.24, 2.45) is 5.10 Å². The number of hydrogen-bond donors (Lipinski definition) is 2. The lowest BCUT2D eigenvalue weighted by Crippen LogP contribution is -2.47. The number of hydrazone groups is 1. The molecule has 1 heterocycles. The topological polar surface area (TPSA) is 79.6 Å². The van der Waals surface area contributed by atoms with E-state index in [-0.39, 0.29) is 10.7 Å². The maximum absolute atomic E-state index is 13.0. The van der Waals surface area contributed by atoms with Crippen LogP contribution in [-0.2, 0) is 6.18 Å². The number of rotatable bonds is 3. The molecule has 1 aromatic carbocycles. The lowest BCUT2D eigenvalue weighted by molar-refractivity contribution is -0.388. The molecule has 1 aliphatic rings. The van der Waals surface area contributed by atoms with Gasteiger partial charge >= 0.3 is 12.4 Å². The van der Waals surface area contributed by atoms with Crippen molar-refractivity contribution >= 4 is 34.3 Å². The molecule has 0 radical (unpaired) electrons. The van der Waals surface area contributed by atoms with E-state index in [1.54, 1.807) is 0 Å². The standard InChI is InChI=1S/C13H10F6N4O2S/c1-11(5-9(21-22-11)13(17,18)19)10(26)20-6-2-3-8(23(24)25)7(4-6)12(14,15)16/h2-4,22H,5H2,1H3,(H,20,26). The molecule has 1 aromatic rings. The molecule has 142 valence electrons. The van der Waals surface area contributed by atoms with Gasteiger partial charge in [-0.3, -0.25) is 15.5 Å². The van der Waals surface area contributed by atoms with E-state index >= 15 is 0 Å². The Balaban J connectivity index is 2.24. The van der Waals surface area contributed by atoms with E-state index in [0.717, 1.165) is 6.07 Å². The highest BCUT2D eigenvalue weighted by atomic mass is 32.1. The molecule has 0 aliphatic carbocycles. The van der Waals surface area contributed by atoms with Crippen LogP contribution in [0.3, 0.4) is 0 Å². The molecule has 1 atom stereocenters. The summed E-state index contributed by atoms with van der Waals surface area (Å²) in [5, 5.41) is 16.3. The van der Waals surface area contributed by atoms with Crippen LogP contribution in [0.4, 0.5) is 37.7 Å². The van der Waals surface area contributed by atoms with E-state index in [4.69, 9.17) is 12.2 Å². The lowest BCUT2D eigenvalue weighted by Gasteiger charge is -2.26. The van der Waals surface area contributed by atoms with Crippen molar-refractivity contribution in [3.05, 3.63) is 33.9 Å². The molecule has 26 heavy (non-hydrogen) atoms. The van der Waals surface area contributed by atoms with Crippen molar-refractivity contribution in [1.82, 2.24) is 5.43 Å². The van der Waals surface area contributed by atoms with Gasteiger partial charge in [-0.1, -0.05) is 12.2 Å². The summed E-state index contributed by atoms with van der Waals surface area (Å²) in [4.78, 5) is 9.29. The predicted molar refractivity (Wildman–Crippen MR) is 84.0 cm³/mol. The van der Waals surface area contributed by atoms with Gasteiger partial charge in [-0.25, -0.2) is 0 Å². The van der Waals surface area contributed by atoms with Gasteiger partial charge < -0.3 is 5.32 Å². The quantitative estimate of drug-likeness (QED) is 0.347. The Hall–Kier alpha value is -2.44. The van der Waals surface area contributed by atoms with E-state index < -0.39 is 46.2 Å². The normalized spacial score (nSPS) is 20.3. The van der Waals surface area contributed by atoms with Gasteiger partial charge in [0.05, 0.1) is 4.92 Å². The summed E-state index contributed by atoms with van der Waals surface area (Å²) in [7, 11) is 0. The van der Waals surface area contributed by atoms with E-state index in [1.165, 1.54) is 6.92 Å². The number of hydrogen-bond acceptors (Lipinski definition) is 5. The molecule has 0 saturated heterocycles. The van der Waals surface area contributed by atoms with Crippen LogP contribution in [0, 0.1) is 10.1 Å². The van der Waals surface area contributed by atoms with E-state index in [1.807, 2.05) is 0 Å². The van der Waals surface area contributed by atoms with E-state index in [9.17, 15) is 36.5 Å². The zero-order chi connectivity index (χ0) is 19.9. The fourth-order valence-corrected chi connectivity index (χ4v) is 2.40. The summed E-state index contributed by atoms with van der Waals surface area (Å²) in [6, 6.07) is 2.08. The van der Waals surface area contributed by atoms with Gasteiger partial charge in [0.2, 0.25) is 0 Å². The van der Waals surface area contributed by atoms with Crippen molar-refractivity contribution in [2.75, 3.05) is 5.32 Å². The third-order valence-electron chi connectivity index (χ3n) is 3.54. The minimum atomic E-state index is -5.00. The minimum absolute atomic E-state index is 0.248. The van der Waals surface area contributed by atoms with Crippen LogP contribution >= 0.6 is 12.2 Å². The van der Waals surface area contributed by atoms with Gasteiger partial charge in [-0.15, -0.1) is 0 Å². The molecule has 0 fully saturated rings. The third kappa shape index (κ3) is 4.03. The highest BCUT2D eigenvalue weighted by Gasteiger charge is 2.46. The molecule has 1 aliphatic heterocycles. The predicted octanol–water partition coefficient (Wildman–Crippen LogP) is 4.02. The first kappa shape index (κ1) is 19.9. The number of anilines is 1. The van der Waals surface area contributed by atoms with Crippen LogP contribution < -0.4 is 10.7 Å². The highest BCUT2D eigenvalue weighted by molar-refractivity contribution is 7.80. The number of halogens is 6. The molecule has 13 heteroatoms. The SMILES string of the molecule is CC1(C(=S)Nc2ccc([N+](=O)[O-])c(C(F)(F)F)c2)CC(C(F)(F)F)=NN1. The molecule has 0 aromatic heterocycles. The number of benzene rings is 1. The van der Waals surface area contributed by atoms with Gasteiger partial charge in [0.15, 0.2) is 0 Å². The van der Waals surface area contributed by atoms with Gasteiger partial charge in [-0.2, -0.15) is 31.4 Å². The maximum Gasteiger partial charge on any atom is 0.431 e. The third-order valence-corrected chi connectivity index (χ3v) is 4.10. The van der Waals surface area contributed by atoms with Crippen LogP contribution in [0.5, 0.6) is 0 Å². The summed E-state index contributed by atoms with van der Waals surface area (Å²) in [6.45, 7) is 1.29. The summed E-state index contributed by atoms with van der Waals surface area (Å²) in [5.74, 6) is 0. The zero-order valence-corrected chi connectivity index (χ0v) is 13.6. The number of nitro benzene ring substituents is 1. The molecular weight excluding hydrogens is 390 g/mol. The van der Waals surface area contributed by atoms with Crippen LogP contribution in [-0.4, -0.2) is 27.3 Å². The van der Waals surface area contributed by atoms with Crippen molar-refractivity contribution in [3.8, 4) is 0 Å². The molecule has 0 amide bonds. The van der Waals surface area contributed by atoms with Crippen molar-refractivity contribution < 1.29 is 31.3 Å². The Morgan fingerprint density at radius 1 is 1.31 bits per heavy atom. The highest BCUT2D eigenvalue weighted by Crippen LogP contribution is 2.38. The minimum Gasteiger partial charge on any atom is -0.348 e. The number of nitro groups is 1. The van der Waals surface area contributed by atoms with Crippen LogP contribution in [0.1, 0.15) is 18.9 Å². The summed E-state index contributed by atoms with van der Waals surface area (Å²) in [5.41, 5.74) is -3.27. The van der Waals surface area contributed by atoms with Gasteiger partial charge in [-0.05, 0) is 19.1 Å². The Labute approximate surface area is 147 Å². The monoisotopic (exact) mass is 400 g/mol. The second kappa shape index (κ2) is 6.37. The first-order chi connectivity index (χ1) is 11.7. The number of thiocarbonyl (C=S) groups is 1. The van der Waals surface area contributed by atoms with Crippen molar-refractivity contribution in [2.45, 2.75) is 31.2 Å². The average Bonchev–Trinajstić information content (AvgIpc) is 2.90. The van der Waals surface area contributed by atoms with Gasteiger partial charge in [0, 0.05) is 18.2 Å². The Bertz CT molecular complexity index is 792. The zero-order valence-electron chi connectivity index (χ0n) is 12.8. The molecule has 0 saturated carbocycles. The molecule has 0 spiro atoms. The summed E-state index contributed by atoms with van der Waals surface area (Å²) < 4.78 is 76.9. The largest absolute Gasteiger partial charge is 0.431 e. The number of nitrogens with zero attached hydrogens (tertiary/aromatic N) is 2. The number of alkyl halides is 6. The second-order valence-corrected chi connectivity index (χ2v) is 6.03. The Morgan fingerprint density at radius 2 is 1.92 bits per heavy atom. The van der Waals surface area contributed by atoms with Gasteiger partial charge in [0.25, 0.3) is 5.69 Å². The van der Waals surface area contributed by atoms with Crippen LogP contribution in [0.15, 0.2) is 23.3 Å². The molecule has 6 nitrogen and oxygen atoms in total. The number of nitrogens with one attached hydrogen (secondary N) is 2. The molecule has 2 N–H and O–H groups in total. The molecule has 2 rings (SSSR count). The molecule has 0 bridgehead atoms. The second-order valence-electron chi connectivity index (χ2n) is 5.62. The first-order valence-corrected chi connectivity index (χ1v) is 7.23. The molecular formula is C13H10F6N4O2S. The fourth-order valence-electron chi connectivity index (χ4n) is 2.17. The average molecular weight is 400 g/mol. The first-order valence-electron chi connectivity index (χ1n) is 6.82. The summed E-state index contributed by atoms with van der Waals surface area (Å²) >= 11 is 4.98. The van der Waals surface area contributed by atoms with E-state index in [2.05, 4.69) is 15.8 Å². The smallest absolute Gasteiger partial charge is 0.348 e. The summed E-state index contributed by atoms with van der Waals surface area (Å²) in [6.07, 6.45) is -10.3. The van der Waals surface area contributed by atoms with Gasteiger partial charge in [0.1, 0.15) is 21.8 Å². The van der Waals surface area contributed by atoms with Crippen LogP contribution in [0.2, 0.25) is 0 Å². The van der Waals surface area contributed by atoms with Crippen LogP contribution in [0.25, 0.3) is 0 Å². The lowest BCUT2D eigenvalue weighted by atomic mass is 9.96. The molecule has 1 unspecified atom stereocenters. The Kier molecular flexibility index (Phi) is 4.87. The van der Waals surface area contributed by atoms with E-state index in [0.29, 0.717) is 12.1 Å².